The molecule has 0 fully saturated rings. The lowest BCUT2D eigenvalue weighted by molar-refractivity contribution is 0.554. The van der Waals surface area contributed by atoms with Gasteiger partial charge in [0.2, 0.25) is 0 Å². The van der Waals surface area contributed by atoms with Crippen LogP contribution in [0.2, 0.25) is 0 Å². The zero-order valence-electron chi connectivity index (χ0n) is 9.76. The van der Waals surface area contributed by atoms with Crippen LogP contribution in [0.25, 0.3) is 11.2 Å². The lowest BCUT2D eigenvalue weighted by Crippen LogP contribution is -2.13. The fraction of sp³-hybridized carbons (Fsp3) is 0.500. The van der Waals surface area contributed by atoms with E-state index in [4.69, 9.17) is 0 Å². The first-order valence-corrected chi connectivity index (χ1v) is 5.37. The lowest BCUT2D eigenvalue weighted by Gasteiger charge is -2.13. The van der Waals surface area contributed by atoms with Gasteiger partial charge >= 0.3 is 0 Å². The molecule has 0 unspecified atom stereocenters. The van der Waals surface area contributed by atoms with E-state index in [1.165, 1.54) is 0 Å². The molecule has 0 aliphatic heterocycles. The molecule has 0 saturated carbocycles. The Kier molecular flexibility index (Phi) is 2.25. The van der Waals surface area contributed by atoms with Crippen molar-refractivity contribution in [3.8, 4) is 0 Å². The van der Waals surface area contributed by atoms with Crippen molar-refractivity contribution in [1.29, 1.82) is 0 Å². The number of aromatic nitrogens is 3. The Hall–Kier alpha value is -1.38. The van der Waals surface area contributed by atoms with Gasteiger partial charge < -0.3 is 4.98 Å². The van der Waals surface area contributed by atoms with E-state index in [0.29, 0.717) is 0 Å². The van der Waals surface area contributed by atoms with Gasteiger partial charge in [-0.1, -0.05) is 27.7 Å². The van der Waals surface area contributed by atoms with Gasteiger partial charge in [-0.2, -0.15) is 0 Å². The second-order valence-electron chi connectivity index (χ2n) is 4.86. The van der Waals surface area contributed by atoms with Gasteiger partial charge in [0, 0.05) is 11.1 Å². The number of nitrogens with zero attached hydrogens (tertiary/aromatic N) is 2. The molecule has 1 N–H and O–H groups in total. The van der Waals surface area contributed by atoms with Gasteiger partial charge in [-0.05, 0) is 18.6 Å². The van der Waals surface area contributed by atoms with Crippen LogP contribution in [-0.4, -0.2) is 15.0 Å². The van der Waals surface area contributed by atoms with Gasteiger partial charge in [0.15, 0.2) is 5.65 Å². The van der Waals surface area contributed by atoms with E-state index in [9.17, 15) is 0 Å². The molecular formula is C12H17N3. The summed E-state index contributed by atoms with van der Waals surface area (Å²) < 4.78 is 0. The van der Waals surface area contributed by atoms with Gasteiger partial charge in [0.05, 0.1) is 5.52 Å². The fourth-order valence-corrected chi connectivity index (χ4v) is 1.48. The smallest absolute Gasteiger partial charge is 0.177 e. The van der Waals surface area contributed by atoms with Crippen LogP contribution >= 0.6 is 0 Å². The minimum absolute atomic E-state index is 0.0487. The first-order chi connectivity index (χ1) is 7.00. The monoisotopic (exact) mass is 203 g/mol. The van der Waals surface area contributed by atoms with Gasteiger partial charge in [-0.3, -0.25) is 0 Å². The summed E-state index contributed by atoms with van der Waals surface area (Å²) in [5.74, 6) is 0.998. The molecule has 3 nitrogen and oxygen atoms in total. The van der Waals surface area contributed by atoms with E-state index in [1.54, 1.807) is 0 Å². The van der Waals surface area contributed by atoms with Crippen LogP contribution in [0.5, 0.6) is 0 Å². The quantitative estimate of drug-likeness (QED) is 0.774. The minimum atomic E-state index is 0.0487. The zero-order valence-corrected chi connectivity index (χ0v) is 9.76. The Morgan fingerprint density at radius 1 is 1.20 bits per heavy atom. The minimum Gasteiger partial charge on any atom is -0.340 e. The first-order valence-electron chi connectivity index (χ1n) is 5.37. The maximum Gasteiger partial charge on any atom is 0.177 e. The molecule has 0 atom stereocenters. The Morgan fingerprint density at radius 3 is 2.53 bits per heavy atom. The average Bonchev–Trinajstić information content (AvgIpc) is 2.59. The number of aromatic amines is 1. The molecule has 0 spiro atoms. The lowest BCUT2D eigenvalue weighted by atomic mass is 9.96. The second kappa shape index (κ2) is 3.33. The number of nitrogens with one attached hydrogen (secondary N) is 1. The molecule has 2 heterocycles. The third-order valence-electron chi connectivity index (χ3n) is 2.48. The maximum atomic E-state index is 4.53. The Bertz CT molecular complexity index is 477. The van der Waals surface area contributed by atoms with Crippen LogP contribution < -0.4 is 0 Å². The molecule has 0 amide bonds. The number of aryl methyl sites for hydroxylation is 1. The molecule has 0 saturated heterocycles. The standard InChI is InChI=1S/C12H17N3/c1-5-8-6-7-9-10(13-8)15-11(14-9)12(2,3)4/h6-7H,5H2,1-4H3,(H,13,14,15). The van der Waals surface area contributed by atoms with Crippen LogP contribution in [0.3, 0.4) is 0 Å². The number of fused-ring (bicyclic) bond motifs is 1. The largest absolute Gasteiger partial charge is 0.340 e. The second-order valence-corrected chi connectivity index (χ2v) is 4.86. The molecule has 0 aliphatic carbocycles. The van der Waals surface area contributed by atoms with Crippen molar-refractivity contribution in [1.82, 2.24) is 15.0 Å². The molecule has 0 aliphatic rings. The van der Waals surface area contributed by atoms with Crippen molar-refractivity contribution >= 4 is 11.2 Å². The van der Waals surface area contributed by atoms with Crippen LogP contribution in [0.15, 0.2) is 12.1 Å². The van der Waals surface area contributed by atoms with E-state index >= 15 is 0 Å². The number of H-pyrrole nitrogens is 1. The molecule has 0 bridgehead atoms. The van der Waals surface area contributed by atoms with Gasteiger partial charge in [0.1, 0.15) is 5.82 Å². The fourth-order valence-electron chi connectivity index (χ4n) is 1.48. The molecule has 2 aromatic heterocycles. The Balaban J connectivity index is 2.56. The van der Waals surface area contributed by atoms with Crippen LogP contribution in [0.1, 0.15) is 39.2 Å². The van der Waals surface area contributed by atoms with Gasteiger partial charge in [-0.15, -0.1) is 0 Å². The van der Waals surface area contributed by atoms with Crippen molar-refractivity contribution < 1.29 is 0 Å². The normalized spacial score (nSPS) is 12.3. The van der Waals surface area contributed by atoms with E-state index < -0.39 is 0 Å². The molecule has 2 rings (SSSR count). The number of hydrogen-bond acceptors (Lipinski definition) is 2. The zero-order chi connectivity index (χ0) is 11.1. The highest BCUT2D eigenvalue weighted by Crippen LogP contribution is 2.21. The SMILES string of the molecule is CCc1ccc2[nH]c(C(C)(C)C)nc2n1. The third kappa shape index (κ3) is 1.87. The molecule has 3 heteroatoms. The van der Waals surface area contributed by atoms with E-state index in [-0.39, 0.29) is 5.41 Å². The van der Waals surface area contributed by atoms with Crippen LogP contribution in [0, 0.1) is 0 Å². The van der Waals surface area contributed by atoms with Crippen molar-refractivity contribution in [3.05, 3.63) is 23.7 Å². The van der Waals surface area contributed by atoms with E-state index in [2.05, 4.69) is 48.7 Å². The summed E-state index contributed by atoms with van der Waals surface area (Å²) in [7, 11) is 0. The summed E-state index contributed by atoms with van der Waals surface area (Å²) in [6.45, 7) is 8.54. The van der Waals surface area contributed by atoms with Crippen molar-refractivity contribution in [2.45, 2.75) is 39.5 Å². The van der Waals surface area contributed by atoms with Crippen molar-refractivity contribution in [2.75, 3.05) is 0 Å². The highest BCUT2D eigenvalue weighted by Gasteiger charge is 2.18. The summed E-state index contributed by atoms with van der Waals surface area (Å²) in [5, 5.41) is 0. The number of hydrogen-bond donors (Lipinski definition) is 1. The molecule has 15 heavy (non-hydrogen) atoms. The summed E-state index contributed by atoms with van der Waals surface area (Å²) in [6.07, 6.45) is 0.952. The highest BCUT2D eigenvalue weighted by molar-refractivity contribution is 5.70. The number of imidazole rings is 1. The van der Waals surface area contributed by atoms with E-state index in [1.807, 2.05) is 6.07 Å². The van der Waals surface area contributed by atoms with Crippen LogP contribution in [0.4, 0.5) is 0 Å². The topological polar surface area (TPSA) is 41.6 Å². The maximum absolute atomic E-state index is 4.53. The Morgan fingerprint density at radius 2 is 1.93 bits per heavy atom. The van der Waals surface area contributed by atoms with Gasteiger partial charge in [-0.25, -0.2) is 9.97 Å². The molecule has 80 valence electrons. The average molecular weight is 203 g/mol. The van der Waals surface area contributed by atoms with Crippen LogP contribution in [-0.2, 0) is 11.8 Å². The van der Waals surface area contributed by atoms with E-state index in [0.717, 1.165) is 29.1 Å². The highest BCUT2D eigenvalue weighted by atomic mass is 15.0. The summed E-state index contributed by atoms with van der Waals surface area (Å²) >= 11 is 0. The summed E-state index contributed by atoms with van der Waals surface area (Å²) in [6, 6.07) is 4.11. The Labute approximate surface area is 90.0 Å². The molecular weight excluding hydrogens is 186 g/mol. The first kappa shape index (κ1) is 10.1. The number of pyridine rings is 1. The van der Waals surface area contributed by atoms with Gasteiger partial charge in [0.25, 0.3) is 0 Å². The molecule has 0 aromatic carbocycles. The predicted octanol–water partition coefficient (Wildman–Crippen LogP) is 2.82. The number of rotatable bonds is 1. The van der Waals surface area contributed by atoms with Crippen molar-refractivity contribution in [2.24, 2.45) is 0 Å². The predicted molar refractivity (Wildman–Crippen MR) is 62.0 cm³/mol. The summed E-state index contributed by atoms with van der Waals surface area (Å²) in [4.78, 5) is 12.3. The molecule has 2 aromatic rings. The third-order valence-corrected chi connectivity index (χ3v) is 2.48. The molecule has 0 radical (unpaired) electrons. The summed E-state index contributed by atoms with van der Waals surface area (Å²) in [5.41, 5.74) is 3.00. The van der Waals surface area contributed by atoms with Crippen molar-refractivity contribution in [3.63, 3.8) is 0 Å².